The number of rotatable bonds is 7. The predicted molar refractivity (Wildman–Crippen MR) is 98.5 cm³/mol. The summed E-state index contributed by atoms with van der Waals surface area (Å²) in [5.41, 5.74) is 4.52. The summed E-state index contributed by atoms with van der Waals surface area (Å²) >= 11 is 0. The topological polar surface area (TPSA) is 56.5 Å². The van der Waals surface area contributed by atoms with E-state index in [1.165, 1.54) is 11.1 Å². The molecule has 0 saturated carbocycles. The van der Waals surface area contributed by atoms with Crippen molar-refractivity contribution in [3.05, 3.63) is 53.3 Å². The lowest BCUT2D eigenvalue weighted by Crippen LogP contribution is -2.12. The maximum absolute atomic E-state index is 9.33. The second kappa shape index (κ2) is 7.57. The Kier molecular flexibility index (Phi) is 5.24. The lowest BCUT2D eigenvalue weighted by Gasteiger charge is -2.11. The molecule has 0 fully saturated rings. The monoisotopic (exact) mass is 340 g/mol. The highest BCUT2D eigenvalue weighted by atomic mass is 16.5. The Hall–Kier alpha value is -2.53. The fraction of sp³-hybridized carbons (Fsp3) is 0.350. The summed E-state index contributed by atoms with van der Waals surface area (Å²) in [6.45, 7) is 5.49. The molecule has 2 aromatic carbocycles. The van der Waals surface area contributed by atoms with Gasteiger partial charge in [-0.2, -0.15) is 0 Å². The number of aryl methyl sites for hydroxylation is 2. The lowest BCUT2D eigenvalue weighted by atomic mass is 10.1. The van der Waals surface area contributed by atoms with E-state index >= 15 is 0 Å². The Morgan fingerprint density at radius 2 is 1.72 bits per heavy atom. The van der Waals surface area contributed by atoms with Crippen molar-refractivity contribution >= 4 is 11.0 Å². The van der Waals surface area contributed by atoms with Gasteiger partial charge in [-0.25, -0.2) is 4.98 Å². The standard InChI is InChI=1S/C20H24N2O3/c1-14-12-18-19(13-15(14)2)22(20(21-18)8-10-23)9-11-25-17-6-4-16(24-3)5-7-17/h4-7,12-13,23H,8-11H2,1-3H3. The van der Waals surface area contributed by atoms with Crippen molar-refractivity contribution in [3.63, 3.8) is 0 Å². The van der Waals surface area contributed by atoms with Crippen LogP contribution in [0, 0.1) is 13.8 Å². The largest absolute Gasteiger partial charge is 0.497 e. The van der Waals surface area contributed by atoms with Gasteiger partial charge in [-0.1, -0.05) is 0 Å². The van der Waals surface area contributed by atoms with Crippen LogP contribution in [0.25, 0.3) is 11.0 Å². The molecule has 0 radical (unpaired) electrons. The third-order valence-corrected chi connectivity index (χ3v) is 4.42. The van der Waals surface area contributed by atoms with Gasteiger partial charge in [0.05, 0.1) is 31.3 Å². The molecule has 5 heteroatoms. The number of ether oxygens (including phenoxy) is 2. The highest BCUT2D eigenvalue weighted by Gasteiger charge is 2.12. The SMILES string of the molecule is COc1ccc(OCCn2c(CCO)nc3cc(C)c(C)cc32)cc1. The third kappa shape index (κ3) is 3.77. The summed E-state index contributed by atoms with van der Waals surface area (Å²) in [6.07, 6.45) is 0.537. The van der Waals surface area contributed by atoms with Crippen LogP contribution in [-0.4, -0.2) is 35.0 Å². The number of methoxy groups -OCH3 is 1. The molecule has 1 aromatic heterocycles. The maximum atomic E-state index is 9.33. The molecule has 1 heterocycles. The highest BCUT2D eigenvalue weighted by molar-refractivity contribution is 5.78. The van der Waals surface area contributed by atoms with Crippen LogP contribution in [-0.2, 0) is 13.0 Å². The Balaban J connectivity index is 1.78. The summed E-state index contributed by atoms with van der Waals surface area (Å²) in [6, 6.07) is 11.8. The zero-order valence-corrected chi connectivity index (χ0v) is 15.0. The maximum Gasteiger partial charge on any atom is 0.119 e. The molecule has 0 saturated heterocycles. The number of nitrogens with zero attached hydrogens (tertiary/aromatic N) is 2. The zero-order valence-electron chi connectivity index (χ0n) is 15.0. The van der Waals surface area contributed by atoms with Gasteiger partial charge in [0.25, 0.3) is 0 Å². The molecule has 25 heavy (non-hydrogen) atoms. The molecular formula is C20H24N2O3. The summed E-state index contributed by atoms with van der Waals surface area (Å²) in [5, 5.41) is 9.33. The van der Waals surface area contributed by atoms with Gasteiger partial charge >= 0.3 is 0 Å². The third-order valence-electron chi connectivity index (χ3n) is 4.42. The van der Waals surface area contributed by atoms with Gasteiger partial charge in [-0.05, 0) is 61.4 Å². The van der Waals surface area contributed by atoms with Crippen LogP contribution in [0.1, 0.15) is 17.0 Å². The number of hydrogen-bond acceptors (Lipinski definition) is 4. The first kappa shape index (κ1) is 17.3. The number of fused-ring (bicyclic) bond motifs is 1. The van der Waals surface area contributed by atoms with Crippen LogP contribution >= 0.6 is 0 Å². The van der Waals surface area contributed by atoms with Crippen LogP contribution in [0.3, 0.4) is 0 Å². The summed E-state index contributed by atoms with van der Waals surface area (Å²) in [4.78, 5) is 4.68. The van der Waals surface area contributed by atoms with Crippen molar-refractivity contribution in [1.82, 2.24) is 9.55 Å². The first-order chi connectivity index (χ1) is 12.1. The second-order valence-electron chi connectivity index (χ2n) is 6.10. The lowest BCUT2D eigenvalue weighted by molar-refractivity contribution is 0.283. The van der Waals surface area contributed by atoms with E-state index in [9.17, 15) is 5.11 Å². The van der Waals surface area contributed by atoms with Gasteiger partial charge in [0, 0.05) is 6.42 Å². The van der Waals surface area contributed by atoms with E-state index in [2.05, 4.69) is 35.5 Å². The predicted octanol–water partition coefficient (Wildman–Crippen LogP) is 3.28. The highest BCUT2D eigenvalue weighted by Crippen LogP contribution is 2.22. The average molecular weight is 340 g/mol. The quantitative estimate of drug-likeness (QED) is 0.717. The number of aliphatic hydroxyl groups is 1. The summed E-state index contributed by atoms with van der Waals surface area (Å²) < 4.78 is 13.1. The first-order valence-electron chi connectivity index (χ1n) is 8.46. The normalized spacial score (nSPS) is 11.0. The molecule has 0 aliphatic rings. The Morgan fingerprint density at radius 3 is 2.40 bits per heavy atom. The molecule has 0 atom stereocenters. The Morgan fingerprint density at radius 1 is 1.04 bits per heavy atom. The molecule has 0 bridgehead atoms. The van der Waals surface area contributed by atoms with Crippen molar-refractivity contribution in [2.75, 3.05) is 20.3 Å². The minimum absolute atomic E-state index is 0.0840. The smallest absolute Gasteiger partial charge is 0.119 e. The minimum atomic E-state index is 0.0840. The van der Waals surface area contributed by atoms with Gasteiger partial charge < -0.3 is 19.1 Å². The molecule has 0 spiro atoms. The van der Waals surface area contributed by atoms with Gasteiger partial charge in [0.1, 0.15) is 23.9 Å². The van der Waals surface area contributed by atoms with Gasteiger partial charge in [0.15, 0.2) is 0 Å². The molecular weight excluding hydrogens is 316 g/mol. The van der Waals surface area contributed by atoms with E-state index in [0.717, 1.165) is 28.4 Å². The fourth-order valence-electron chi connectivity index (χ4n) is 2.90. The number of benzene rings is 2. The molecule has 0 unspecified atom stereocenters. The van der Waals surface area contributed by atoms with Gasteiger partial charge in [0.2, 0.25) is 0 Å². The molecule has 3 rings (SSSR count). The number of aliphatic hydroxyl groups excluding tert-OH is 1. The van der Waals surface area contributed by atoms with Crippen molar-refractivity contribution in [3.8, 4) is 11.5 Å². The number of hydrogen-bond donors (Lipinski definition) is 1. The average Bonchev–Trinajstić information content (AvgIpc) is 2.93. The van der Waals surface area contributed by atoms with Crippen molar-refractivity contribution in [2.24, 2.45) is 0 Å². The van der Waals surface area contributed by atoms with E-state index < -0.39 is 0 Å². The molecule has 0 amide bonds. The van der Waals surface area contributed by atoms with E-state index in [-0.39, 0.29) is 6.61 Å². The fourth-order valence-corrected chi connectivity index (χ4v) is 2.90. The van der Waals surface area contributed by atoms with Gasteiger partial charge in [-0.15, -0.1) is 0 Å². The molecule has 5 nitrogen and oxygen atoms in total. The van der Waals surface area contributed by atoms with Crippen molar-refractivity contribution in [2.45, 2.75) is 26.8 Å². The van der Waals surface area contributed by atoms with Crippen LogP contribution in [0.15, 0.2) is 36.4 Å². The van der Waals surface area contributed by atoms with Crippen LogP contribution in [0.5, 0.6) is 11.5 Å². The molecule has 132 valence electrons. The number of aromatic nitrogens is 2. The first-order valence-corrected chi connectivity index (χ1v) is 8.46. The van der Waals surface area contributed by atoms with Crippen LogP contribution in [0.4, 0.5) is 0 Å². The zero-order chi connectivity index (χ0) is 17.8. The van der Waals surface area contributed by atoms with E-state index in [1.54, 1.807) is 7.11 Å². The molecule has 0 aliphatic heterocycles. The molecule has 1 N–H and O–H groups in total. The molecule has 3 aromatic rings. The van der Waals surface area contributed by atoms with Gasteiger partial charge in [-0.3, -0.25) is 0 Å². The van der Waals surface area contributed by atoms with Crippen molar-refractivity contribution in [1.29, 1.82) is 0 Å². The molecule has 0 aliphatic carbocycles. The summed E-state index contributed by atoms with van der Waals surface area (Å²) in [5.74, 6) is 2.51. The van der Waals surface area contributed by atoms with E-state index in [4.69, 9.17) is 9.47 Å². The second-order valence-corrected chi connectivity index (χ2v) is 6.10. The summed E-state index contributed by atoms with van der Waals surface area (Å²) in [7, 11) is 1.65. The number of imidazole rings is 1. The van der Waals surface area contributed by atoms with Crippen LogP contribution in [0.2, 0.25) is 0 Å². The van der Waals surface area contributed by atoms with E-state index in [0.29, 0.717) is 19.6 Å². The van der Waals surface area contributed by atoms with Crippen LogP contribution < -0.4 is 9.47 Å². The minimum Gasteiger partial charge on any atom is -0.497 e. The van der Waals surface area contributed by atoms with E-state index in [1.807, 2.05) is 24.3 Å². The Labute approximate surface area is 147 Å². The Bertz CT molecular complexity index is 853. The van der Waals surface area contributed by atoms with Crippen molar-refractivity contribution < 1.29 is 14.6 Å².